The second kappa shape index (κ2) is 6.09. The van der Waals surface area contributed by atoms with E-state index in [2.05, 4.69) is 31.9 Å². The van der Waals surface area contributed by atoms with Crippen LogP contribution in [0.4, 0.5) is 0 Å². The van der Waals surface area contributed by atoms with Crippen molar-refractivity contribution in [2.24, 2.45) is 0 Å². The largest absolute Gasteiger partial charge is 0.455 e. The van der Waals surface area contributed by atoms with Crippen LogP contribution in [0.5, 0.6) is 11.5 Å². The minimum Gasteiger partial charge on any atom is -0.455 e. The van der Waals surface area contributed by atoms with Gasteiger partial charge in [-0.15, -0.1) is 0 Å². The van der Waals surface area contributed by atoms with Crippen molar-refractivity contribution in [2.75, 3.05) is 0 Å². The highest BCUT2D eigenvalue weighted by atomic mass is 79.9. The number of aryl methyl sites for hydroxylation is 1. The average molecular weight is 391 g/mol. The number of hydrogen-bond donors (Lipinski definition) is 0. The highest BCUT2D eigenvalue weighted by Gasteiger charge is 2.07. The van der Waals surface area contributed by atoms with Gasteiger partial charge in [0.1, 0.15) is 11.5 Å². The molecule has 0 saturated heterocycles. The summed E-state index contributed by atoms with van der Waals surface area (Å²) in [5.41, 5.74) is 2.19. The fourth-order valence-electron chi connectivity index (χ4n) is 1.56. The number of ether oxygens (including phenoxy) is 1. The minimum absolute atomic E-state index is 0.624. The number of benzene rings is 2. The lowest BCUT2D eigenvalue weighted by Crippen LogP contribution is -1.90. The zero-order valence-electron chi connectivity index (χ0n) is 9.71. The molecule has 0 fully saturated rings. The molecule has 0 unspecified atom stereocenters. The fraction of sp³-hybridized carbons (Fsp3) is 0.143. The Morgan fingerprint density at radius 1 is 1.11 bits per heavy atom. The Morgan fingerprint density at radius 2 is 1.83 bits per heavy atom. The number of alkyl halides is 1. The Balaban J connectivity index is 2.33. The SMILES string of the molecule is Cc1ccc(Oc2ccc(Br)cc2CBr)c(Cl)c1. The molecule has 0 aliphatic heterocycles. The van der Waals surface area contributed by atoms with Crippen molar-refractivity contribution < 1.29 is 4.74 Å². The van der Waals surface area contributed by atoms with E-state index < -0.39 is 0 Å². The Labute approximate surface area is 128 Å². The summed E-state index contributed by atoms with van der Waals surface area (Å²) >= 11 is 13.1. The molecule has 0 spiro atoms. The van der Waals surface area contributed by atoms with E-state index in [1.54, 1.807) is 0 Å². The Kier molecular flexibility index (Phi) is 4.71. The summed E-state index contributed by atoms with van der Waals surface area (Å²) in [7, 11) is 0. The highest BCUT2D eigenvalue weighted by molar-refractivity contribution is 9.10. The molecule has 94 valence electrons. The summed E-state index contributed by atoms with van der Waals surface area (Å²) in [6.45, 7) is 2.00. The predicted molar refractivity (Wildman–Crippen MR) is 83.0 cm³/mol. The maximum absolute atomic E-state index is 6.16. The molecule has 0 saturated carbocycles. The van der Waals surface area contributed by atoms with Crippen molar-refractivity contribution in [3.8, 4) is 11.5 Å². The van der Waals surface area contributed by atoms with E-state index >= 15 is 0 Å². The van der Waals surface area contributed by atoms with Crippen LogP contribution in [0.2, 0.25) is 5.02 Å². The summed E-state index contributed by atoms with van der Waals surface area (Å²) in [5.74, 6) is 1.48. The van der Waals surface area contributed by atoms with Crippen molar-refractivity contribution in [3.05, 3.63) is 57.0 Å². The molecular formula is C14H11Br2ClO. The van der Waals surface area contributed by atoms with Crippen molar-refractivity contribution in [1.29, 1.82) is 0 Å². The molecular weight excluding hydrogens is 379 g/mol. The lowest BCUT2D eigenvalue weighted by Gasteiger charge is -2.11. The van der Waals surface area contributed by atoms with E-state index in [9.17, 15) is 0 Å². The van der Waals surface area contributed by atoms with Gasteiger partial charge in [-0.25, -0.2) is 0 Å². The molecule has 18 heavy (non-hydrogen) atoms. The van der Waals surface area contributed by atoms with Crippen LogP contribution >= 0.6 is 43.5 Å². The van der Waals surface area contributed by atoms with Crippen LogP contribution < -0.4 is 4.74 Å². The Morgan fingerprint density at radius 3 is 2.50 bits per heavy atom. The van der Waals surface area contributed by atoms with Crippen molar-refractivity contribution in [3.63, 3.8) is 0 Å². The molecule has 0 atom stereocenters. The summed E-state index contributed by atoms with van der Waals surface area (Å²) in [6.07, 6.45) is 0. The third-order valence-electron chi connectivity index (χ3n) is 2.47. The summed E-state index contributed by atoms with van der Waals surface area (Å²) in [6, 6.07) is 11.7. The lowest BCUT2D eigenvalue weighted by molar-refractivity contribution is 0.478. The fourth-order valence-corrected chi connectivity index (χ4v) is 2.68. The van der Waals surface area contributed by atoms with Gasteiger partial charge in [0.15, 0.2) is 0 Å². The van der Waals surface area contributed by atoms with Gasteiger partial charge >= 0.3 is 0 Å². The van der Waals surface area contributed by atoms with E-state index in [0.29, 0.717) is 10.8 Å². The summed E-state index contributed by atoms with van der Waals surface area (Å²) < 4.78 is 6.89. The van der Waals surface area contributed by atoms with Crippen LogP contribution in [0.1, 0.15) is 11.1 Å². The first kappa shape index (κ1) is 13.9. The van der Waals surface area contributed by atoms with Crippen LogP contribution in [0.25, 0.3) is 0 Å². The predicted octanol–water partition coefficient (Wildman–Crippen LogP) is 6.10. The van der Waals surface area contributed by atoms with Crippen molar-refractivity contribution in [2.45, 2.75) is 12.3 Å². The first-order valence-corrected chi connectivity index (χ1v) is 7.68. The van der Waals surface area contributed by atoms with E-state index in [4.69, 9.17) is 16.3 Å². The molecule has 0 heterocycles. The molecule has 2 aromatic rings. The summed E-state index contributed by atoms with van der Waals surface area (Å²) in [4.78, 5) is 0. The minimum atomic E-state index is 0.624. The monoisotopic (exact) mass is 388 g/mol. The van der Waals surface area contributed by atoms with Gasteiger partial charge in [-0.3, -0.25) is 0 Å². The second-order valence-electron chi connectivity index (χ2n) is 3.92. The first-order chi connectivity index (χ1) is 8.60. The van der Waals surface area contributed by atoms with Gasteiger partial charge in [-0.05, 0) is 42.8 Å². The standard InChI is InChI=1S/C14H11Br2ClO/c1-9-2-4-14(12(17)6-9)18-13-5-3-11(16)7-10(13)8-15/h2-7H,8H2,1H3. The number of halogens is 3. The normalized spacial score (nSPS) is 10.4. The third kappa shape index (κ3) is 3.28. The van der Waals surface area contributed by atoms with Gasteiger partial charge in [-0.1, -0.05) is 49.5 Å². The molecule has 0 amide bonds. The van der Waals surface area contributed by atoms with Crippen molar-refractivity contribution >= 4 is 43.5 Å². The van der Waals surface area contributed by atoms with Gasteiger partial charge in [0.05, 0.1) is 5.02 Å². The number of rotatable bonds is 3. The molecule has 0 radical (unpaired) electrons. The molecule has 0 aliphatic rings. The van der Waals surface area contributed by atoms with E-state index in [1.807, 2.05) is 43.3 Å². The van der Waals surface area contributed by atoms with Crippen molar-refractivity contribution in [1.82, 2.24) is 0 Å². The molecule has 4 heteroatoms. The molecule has 2 rings (SSSR count). The van der Waals surface area contributed by atoms with Gasteiger partial charge in [0, 0.05) is 15.4 Å². The maximum atomic E-state index is 6.16. The first-order valence-electron chi connectivity index (χ1n) is 5.38. The van der Waals surface area contributed by atoms with E-state index in [1.165, 1.54) is 0 Å². The van der Waals surface area contributed by atoms with Crippen LogP contribution in [0, 0.1) is 6.92 Å². The molecule has 1 nitrogen and oxygen atoms in total. The molecule has 0 N–H and O–H groups in total. The van der Waals surface area contributed by atoms with Crippen LogP contribution in [-0.4, -0.2) is 0 Å². The van der Waals surface area contributed by atoms with Gasteiger partial charge in [0.25, 0.3) is 0 Å². The van der Waals surface area contributed by atoms with Gasteiger partial charge in [0.2, 0.25) is 0 Å². The maximum Gasteiger partial charge on any atom is 0.146 e. The van der Waals surface area contributed by atoms with Gasteiger partial charge < -0.3 is 4.74 Å². The zero-order chi connectivity index (χ0) is 13.1. The third-order valence-corrected chi connectivity index (χ3v) is 3.87. The Hall–Kier alpha value is -0.510. The van der Waals surface area contributed by atoms with E-state index in [-0.39, 0.29) is 0 Å². The topological polar surface area (TPSA) is 9.23 Å². The zero-order valence-corrected chi connectivity index (χ0v) is 13.6. The second-order valence-corrected chi connectivity index (χ2v) is 5.81. The van der Waals surface area contributed by atoms with Gasteiger partial charge in [-0.2, -0.15) is 0 Å². The van der Waals surface area contributed by atoms with Crippen LogP contribution in [0.3, 0.4) is 0 Å². The smallest absolute Gasteiger partial charge is 0.146 e. The Bertz CT molecular complexity index is 570. The lowest BCUT2D eigenvalue weighted by atomic mass is 10.2. The molecule has 0 aromatic heterocycles. The number of hydrogen-bond acceptors (Lipinski definition) is 1. The quantitative estimate of drug-likeness (QED) is 0.576. The molecule has 2 aromatic carbocycles. The van der Waals surface area contributed by atoms with Crippen LogP contribution in [0.15, 0.2) is 40.9 Å². The average Bonchev–Trinajstić information content (AvgIpc) is 2.34. The molecule has 0 bridgehead atoms. The molecule has 0 aliphatic carbocycles. The highest BCUT2D eigenvalue weighted by Crippen LogP contribution is 2.33. The van der Waals surface area contributed by atoms with Crippen LogP contribution in [-0.2, 0) is 5.33 Å². The summed E-state index contributed by atoms with van der Waals surface area (Å²) in [5, 5.41) is 1.35. The van der Waals surface area contributed by atoms with E-state index in [0.717, 1.165) is 26.7 Å².